The van der Waals surface area contributed by atoms with Gasteiger partial charge in [0.15, 0.2) is 11.6 Å². The molecule has 0 atom stereocenters. The second kappa shape index (κ2) is 9.91. The molecule has 4 aromatic rings. The zero-order valence-electron chi connectivity index (χ0n) is 17.4. The van der Waals surface area contributed by atoms with Crippen molar-refractivity contribution in [1.29, 1.82) is 0 Å². The molecule has 12 nitrogen and oxygen atoms in total. The van der Waals surface area contributed by atoms with E-state index in [1.54, 1.807) is 24.3 Å². The van der Waals surface area contributed by atoms with Gasteiger partial charge < -0.3 is 0 Å². The molecule has 0 amide bonds. The normalized spacial score (nSPS) is 11.2. The molecule has 34 heavy (non-hydrogen) atoms. The fourth-order valence-corrected chi connectivity index (χ4v) is 3.04. The predicted octanol–water partition coefficient (Wildman–Crippen LogP) is 4.34. The van der Waals surface area contributed by atoms with E-state index >= 15 is 0 Å². The molecule has 12 heteroatoms. The minimum atomic E-state index is -0.475. The number of anilines is 2. The second-order valence-electron chi connectivity index (χ2n) is 6.89. The number of nitrogens with zero attached hydrogens (tertiary/aromatic N) is 6. The molecule has 4 rings (SSSR count). The van der Waals surface area contributed by atoms with Gasteiger partial charge in [-0.05, 0) is 0 Å². The van der Waals surface area contributed by atoms with Gasteiger partial charge in [0.05, 0.1) is 22.3 Å². The van der Waals surface area contributed by atoms with Crippen molar-refractivity contribution in [1.82, 2.24) is 10.2 Å². The van der Waals surface area contributed by atoms with Crippen molar-refractivity contribution in [2.24, 2.45) is 10.2 Å². The number of nitro benzene ring substituents is 2. The Hall–Kier alpha value is -5.26. The van der Waals surface area contributed by atoms with E-state index in [0.29, 0.717) is 33.5 Å². The summed E-state index contributed by atoms with van der Waals surface area (Å²) < 4.78 is 0. The van der Waals surface area contributed by atoms with Gasteiger partial charge in [-0.15, -0.1) is 10.2 Å². The zero-order valence-corrected chi connectivity index (χ0v) is 17.4. The third-order valence-corrected chi connectivity index (χ3v) is 4.62. The summed E-state index contributed by atoms with van der Waals surface area (Å²) in [4.78, 5) is 20.9. The van der Waals surface area contributed by atoms with Gasteiger partial charge in [0.1, 0.15) is 0 Å². The Labute approximate surface area is 192 Å². The fourth-order valence-electron chi connectivity index (χ4n) is 3.04. The van der Waals surface area contributed by atoms with Crippen LogP contribution in [0.25, 0.3) is 10.8 Å². The SMILES string of the molecule is O=[N+]([O-])c1cccc(/C=N/Nc2nnc(N/N=C/c3cccc([N+](=O)[O-])c3)c3ccccc23)c1. The molecule has 3 aromatic carbocycles. The molecule has 0 unspecified atom stereocenters. The van der Waals surface area contributed by atoms with Crippen LogP contribution in [0.4, 0.5) is 23.0 Å². The maximum Gasteiger partial charge on any atom is 0.270 e. The highest BCUT2D eigenvalue weighted by Gasteiger charge is 2.09. The highest BCUT2D eigenvalue weighted by Crippen LogP contribution is 2.26. The van der Waals surface area contributed by atoms with Gasteiger partial charge in [-0.3, -0.25) is 31.1 Å². The average Bonchev–Trinajstić information content (AvgIpc) is 2.85. The molecule has 0 spiro atoms. The lowest BCUT2D eigenvalue weighted by atomic mass is 10.2. The minimum absolute atomic E-state index is 0.0321. The third-order valence-electron chi connectivity index (χ3n) is 4.62. The number of benzene rings is 3. The van der Waals surface area contributed by atoms with Crippen molar-refractivity contribution in [2.75, 3.05) is 10.9 Å². The first-order chi connectivity index (χ1) is 16.5. The van der Waals surface area contributed by atoms with Crippen molar-refractivity contribution in [3.63, 3.8) is 0 Å². The number of hydrogen-bond donors (Lipinski definition) is 2. The molecule has 0 saturated carbocycles. The number of hydrogen-bond acceptors (Lipinski definition) is 10. The zero-order chi connectivity index (χ0) is 23.9. The molecule has 0 fully saturated rings. The summed E-state index contributed by atoms with van der Waals surface area (Å²) >= 11 is 0. The monoisotopic (exact) mass is 456 g/mol. The lowest BCUT2D eigenvalue weighted by Crippen LogP contribution is -2.01. The number of non-ortho nitro benzene ring substituents is 2. The standard InChI is InChI=1S/C22H16N8O4/c31-29(32)17-7-3-5-15(11-17)13-23-25-21-19-9-1-2-10-20(19)22(28-27-21)26-24-14-16-6-4-8-18(12-16)30(33)34/h1-14H,(H,25,27)(H,26,28)/b23-13+,24-14+. The van der Waals surface area contributed by atoms with Crippen LogP contribution < -0.4 is 10.9 Å². The average molecular weight is 456 g/mol. The number of hydrazone groups is 2. The van der Waals surface area contributed by atoms with Crippen molar-refractivity contribution in [2.45, 2.75) is 0 Å². The van der Waals surface area contributed by atoms with E-state index in [9.17, 15) is 20.2 Å². The van der Waals surface area contributed by atoms with Crippen LogP contribution in [-0.2, 0) is 0 Å². The van der Waals surface area contributed by atoms with Crippen LogP contribution in [0.3, 0.4) is 0 Å². The van der Waals surface area contributed by atoms with Crippen LogP contribution in [0.1, 0.15) is 11.1 Å². The Morgan fingerprint density at radius 3 is 1.53 bits per heavy atom. The third kappa shape index (κ3) is 5.13. The van der Waals surface area contributed by atoms with Crippen molar-refractivity contribution in [3.05, 3.63) is 104 Å². The van der Waals surface area contributed by atoms with Gasteiger partial charge >= 0.3 is 0 Å². The van der Waals surface area contributed by atoms with E-state index in [4.69, 9.17) is 0 Å². The molecule has 168 valence electrons. The second-order valence-corrected chi connectivity index (χ2v) is 6.89. The molecule has 0 aliphatic carbocycles. The molecular formula is C22H16N8O4. The van der Waals surface area contributed by atoms with Crippen LogP contribution in [0.5, 0.6) is 0 Å². The number of fused-ring (bicyclic) bond motifs is 1. The molecule has 0 radical (unpaired) electrons. The number of nitrogens with one attached hydrogen (secondary N) is 2. The summed E-state index contributed by atoms with van der Waals surface area (Å²) in [6.45, 7) is 0. The first-order valence-electron chi connectivity index (χ1n) is 9.84. The smallest absolute Gasteiger partial charge is 0.259 e. The Morgan fingerprint density at radius 2 is 1.12 bits per heavy atom. The Kier molecular flexibility index (Phi) is 6.40. The minimum Gasteiger partial charge on any atom is -0.259 e. The van der Waals surface area contributed by atoms with Gasteiger partial charge in [-0.25, -0.2) is 0 Å². The summed E-state index contributed by atoms with van der Waals surface area (Å²) in [5, 5.41) is 39.7. The van der Waals surface area contributed by atoms with Crippen LogP contribution >= 0.6 is 0 Å². The van der Waals surface area contributed by atoms with Crippen molar-refractivity contribution < 1.29 is 9.85 Å². The van der Waals surface area contributed by atoms with E-state index in [-0.39, 0.29) is 11.4 Å². The topological polar surface area (TPSA) is 161 Å². The number of rotatable bonds is 8. The molecule has 1 aromatic heterocycles. The molecular weight excluding hydrogens is 440 g/mol. The van der Waals surface area contributed by atoms with Crippen molar-refractivity contribution >= 4 is 46.2 Å². The summed E-state index contributed by atoms with van der Waals surface area (Å²) in [7, 11) is 0. The van der Waals surface area contributed by atoms with Gasteiger partial charge in [0.2, 0.25) is 0 Å². The Morgan fingerprint density at radius 1 is 0.676 bits per heavy atom. The molecule has 2 N–H and O–H groups in total. The largest absolute Gasteiger partial charge is 0.270 e. The molecule has 0 aliphatic rings. The predicted molar refractivity (Wildman–Crippen MR) is 128 cm³/mol. The maximum atomic E-state index is 10.9. The number of nitro groups is 2. The first-order valence-corrected chi connectivity index (χ1v) is 9.84. The molecule has 0 bridgehead atoms. The quantitative estimate of drug-likeness (QED) is 0.225. The summed E-state index contributed by atoms with van der Waals surface area (Å²) in [5.74, 6) is 0.760. The lowest BCUT2D eigenvalue weighted by molar-refractivity contribution is -0.385. The highest BCUT2D eigenvalue weighted by atomic mass is 16.6. The summed E-state index contributed by atoms with van der Waals surface area (Å²) in [6, 6.07) is 19.4. The van der Waals surface area contributed by atoms with E-state index in [0.717, 1.165) is 0 Å². The van der Waals surface area contributed by atoms with Gasteiger partial charge in [-0.2, -0.15) is 10.2 Å². The van der Waals surface area contributed by atoms with Gasteiger partial charge in [0, 0.05) is 46.2 Å². The van der Waals surface area contributed by atoms with Crippen LogP contribution in [0, 0.1) is 20.2 Å². The van der Waals surface area contributed by atoms with Gasteiger partial charge in [-0.1, -0.05) is 48.5 Å². The first kappa shape index (κ1) is 22.0. The van der Waals surface area contributed by atoms with E-state index in [1.807, 2.05) is 24.3 Å². The van der Waals surface area contributed by atoms with E-state index < -0.39 is 9.85 Å². The van der Waals surface area contributed by atoms with Crippen LogP contribution in [0.2, 0.25) is 0 Å². The van der Waals surface area contributed by atoms with Crippen molar-refractivity contribution in [3.8, 4) is 0 Å². The summed E-state index contributed by atoms with van der Waals surface area (Å²) in [6.07, 6.45) is 2.89. The Bertz CT molecular complexity index is 1330. The lowest BCUT2D eigenvalue weighted by Gasteiger charge is -2.08. The van der Waals surface area contributed by atoms with Gasteiger partial charge in [0.25, 0.3) is 11.4 Å². The highest BCUT2D eigenvalue weighted by molar-refractivity contribution is 5.98. The fraction of sp³-hybridized carbons (Fsp3) is 0. The molecule has 0 saturated heterocycles. The van der Waals surface area contributed by atoms with Crippen LogP contribution in [-0.4, -0.2) is 32.5 Å². The van der Waals surface area contributed by atoms with E-state index in [1.165, 1.54) is 36.7 Å². The Balaban J connectivity index is 1.52. The number of aromatic nitrogens is 2. The summed E-state index contributed by atoms with van der Waals surface area (Å²) in [5.41, 5.74) is 6.65. The maximum absolute atomic E-state index is 10.9. The molecule has 1 heterocycles. The molecule has 0 aliphatic heterocycles. The van der Waals surface area contributed by atoms with E-state index in [2.05, 4.69) is 31.3 Å². The van der Waals surface area contributed by atoms with Crippen LogP contribution in [0.15, 0.2) is 83.0 Å².